The summed E-state index contributed by atoms with van der Waals surface area (Å²) in [4.78, 5) is 14.5. The molecular weight excluding hydrogens is 546 g/mol. The molecule has 0 bridgehead atoms. The zero-order valence-corrected chi connectivity index (χ0v) is 26.1. The van der Waals surface area contributed by atoms with Crippen LogP contribution in [0.1, 0.15) is 31.9 Å². The second kappa shape index (κ2) is 11.6. The maximum absolute atomic E-state index is 4.90. The smallest absolute Gasteiger partial charge is 0.0971 e. The van der Waals surface area contributed by atoms with Crippen molar-refractivity contribution >= 4 is 11.0 Å². The van der Waals surface area contributed by atoms with Gasteiger partial charge in [0.05, 0.1) is 16.7 Å². The molecule has 0 aliphatic rings. The van der Waals surface area contributed by atoms with E-state index >= 15 is 0 Å². The summed E-state index contributed by atoms with van der Waals surface area (Å²) in [6.07, 6.45) is 5.48. The van der Waals surface area contributed by atoms with Gasteiger partial charge in [0.25, 0.3) is 0 Å². The molecule has 0 amide bonds. The van der Waals surface area contributed by atoms with Crippen LogP contribution in [0, 0.1) is 6.92 Å². The second-order valence-electron chi connectivity index (χ2n) is 12.7. The summed E-state index contributed by atoms with van der Waals surface area (Å²) in [6, 6.07) is 43.4. The fourth-order valence-electron chi connectivity index (χ4n) is 5.92. The molecule has 2 aromatic heterocycles. The van der Waals surface area contributed by atoms with Gasteiger partial charge in [0.1, 0.15) is 0 Å². The van der Waals surface area contributed by atoms with Crippen LogP contribution in [0.15, 0.2) is 140 Å². The molecule has 3 nitrogen and oxygen atoms in total. The van der Waals surface area contributed by atoms with Crippen LogP contribution in [0.5, 0.6) is 0 Å². The number of aryl methyl sites for hydroxylation is 1. The van der Waals surface area contributed by atoms with Crippen molar-refractivity contribution in [1.82, 2.24) is 15.0 Å². The lowest BCUT2D eigenvalue weighted by atomic mass is 9.87. The molecule has 5 aromatic carbocycles. The third-order valence-electron chi connectivity index (χ3n) is 8.46. The van der Waals surface area contributed by atoms with E-state index in [0.717, 1.165) is 44.5 Å². The molecular formula is C42H35N3. The first-order valence-corrected chi connectivity index (χ1v) is 15.4. The Morgan fingerprint density at radius 2 is 0.978 bits per heavy atom. The Labute approximate surface area is 265 Å². The predicted octanol–water partition coefficient (Wildman–Crippen LogP) is 11.0. The highest BCUT2D eigenvalue weighted by Gasteiger charge is 2.17. The van der Waals surface area contributed by atoms with Crippen molar-refractivity contribution in [1.29, 1.82) is 0 Å². The zero-order chi connectivity index (χ0) is 31.0. The molecule has 0 aliphatic heterocycles. The molecule has 218 valence electrons. The molecule has 0 unspecified atom stereocenters. The zero-order valence-electron chi connectivity index (χ0n) is 26.1. The van der Waals surface area contributed by atoms with E-state index in [2.05, 4.69) is 149 Å². The highest BCUT2D eigenvalue weighted by molar-refractivity contribution is 6.01. The standard InChI is InChI=1S/C42H35N3/c1-28-13-15-30(16-14-28)34-24-33(29-9-6-5-7-10-29)25-35(26-34)38-18-17-37(40-41(38)45-22-21-44-40)31-11-8-12-32(23-31)39-27-36(19-20-43-39)42(2,3)4/h5-27H,1-4H3. The minimum Gasteiger partial charge on any atom is -0.256 e. The van der Waals surface area contributed by atoms with E-state index < -0.39 is 0 Å². The molecule has 0 spiro atoms. The summed E-state index contributed by atoms with van der Waals surface area (Å²) >= 11 is 0. The van der Waals surface area contributed by atoms with Gasteiger partial charge in [0.15, 0.2) is 0 Å². The van der Waals surface area contributed by atoms with E-state index in [4.69, 9.17) is 15.0 Å². The van der Waals surface area contributed by atoms with E-state index in [1.54, 1.807) is 12.4 Å². The average Bonchev–Trinajstić information content (AvgIpc) is 3.08. The number of nitrogens with zero attached hydrogens (tertiary/aromatic N) is 3. The fraction of sp³-hybridized carbons (Fsp3) is 0.119. The monoisotopic (exact) mass is 581 g/mol. The summed E-state index contributed by atoms with van der Waals surface area (Å²) < 4.78 is 0. The van der Waals surface area contributed by atoms with Crippen molar-refractivity contribution in [3.05, 3.63) is 151 Å². The normalized spacial score (nSPS) is 11.6. The molecule has 3 heteroatoms. The Balaban J connectivity index is 1.37. The summed E-state index contributed by atoms with van der Waals surface area (Å²) in [5, 5.41) is 0. The van der Waals surface area contributed by atoms with Gasteiger partial charge in [-0.3, -0.25) is 15.0 Å². The number of rotatable bonds is 5. The number of fused-ring (bicyclic) bond motifs is 1. The second-order valence-corrected chi connectivity index (χ2v) is 12.7. The van der Waals surface area contributed by atoms with Crippen molar-refractivity contribution in [3.63, 3.8) is 0 Å². The first kappa shape index (κ1) is 28.4. The van der Waals surface area contributed by atoms with Gasteiger partial charge in [0.2, 0.25) is 0 Å². The molecule has 0 radical (unpaired) electrons. The Morgan fingerprint density at radius 3 is 1.64 bits per heavy atom. The Morgan fingerprint density at radius 1 is 0.422 bits per heavy atom. The molecule has 7 aromatic rings. The third kappa shape index (κ3) is 5.77. The molecule has 0 saturated heterocycles. The number of hydrogen-bond acceptors (Lipinski definition) is 3. The molecule has 0 N–H and O–H groups in total. The van der Waals surface area contributed by atoms with Crippen molar-refractivity contribution in [2.75, 3.05) is 0 Å². The maximum Gasteiger partial charge on any atom is 0.0971 e. The Hall–Kier alpha value is -5.41. The van der Waals surface area contributed by atoms with Gasteiger partial charge in [-0.2, -0.15) is 0 Å². The van der Waals surface area contributed by atoms with Crippen LogP contribution < -0.4 is 0 Å². The van der Waals surface area contributed by atoms with Crippen LogP contribution in [-0.4, -0.2) is 15.0 Å². The molecule has 0 fully saturated rings. The number of aromatic nitrogens is 3. The van der Waals surface area contributed by atoms with E-state index in [9.17, 15) is 0 Å². The van der Waals surface area contributed by atoms with E-state index in [1.807, 2.05) is 6.20 Å². The van der Waals surface area contributed by atoms with Gasteiger partial charge in [-0.05, 0) is 87.7 Å². The van der Waals surface area contributed by atoms with Crippen LogP contribution >= 0.6 is 0 Å². The van der Waals surface area contributed by atoms with Crippen molar-refractivity contribution < 1.29 is 0 Å². The number of hydrogen-bond donors (Lipinski definition) is 0. The molecule has 0 saturated carbocycles. The Bertz CT molecular complexity index is 2140. The van der Waals surface area contributed by atoms with Crippen molar-refractivity contribution in [3.8, 4) is 55.8 Å². The quantitative estimate of drug-likeness (QED) is 0.203. The van der Waals surface area contributed by atoms with Crippen LogP contribution in [0.3, 0.4) is 0 Å². The van der Waals surface area contributed by atoms with E-state index in [-0.39, 0.29) is 5.41 Å². The summed E-state index contributed by atoms with van der Waals surface area (Å²) in [5.41, 5.74) is 15.4. The lowest BCUT2D eigenvalue weighted by molar-refractivity contribution is 0.589. The van der Waals surface area contributed by atoms with E-state index in [1.165, 1.54) is 33.4 Å². The van der Waals surface area contributed by atoms with Crippen molar-refractivity contribution in [2.24, 2.45) is 0 Å². The lowest BCUT2D eigenvalue weighted by Crippen LogP contribution is -2.11. The number of pyridine rings is 1. The van der Waals surface area contributed by atoms with Crippen LogP contribution in [-0.2, 0) is 5.41 Å². The summed E-state index contributed by atoms with van der Waals surface area (Å²) in [5.74, 6) is 0. The van der Waals surface area contributed by atoms with Gasteiger partial charge in [0, 0.05) is 35.3 Å². The first-order chi connectivity index (χ1) is 21.8. The lowest BCUT2D eigenvalue weighted by Gasteiger charge is -2.19. The Kier molecular flexibility index (Phi) is 7.31. The predicted molar refractivity (Wildman–Crippen MR) is 188 cm³/mol. The first-order valence-electron chi connectivity index (χ1n) is 15.4. The summed E-state index contributed by atoms with van der Waals surface area (Å²) in [6.45, 7) is 8.81. The largest absolute Gasteiger partial charge is 0.256 e. The van der Waals surface area contributed by atoms with Gasteiger partial charge in [-0.15, -0.1) is 0 Å². The minimum absolute atomic E-state index is 0.0497. The fourth-order valence-corrected chi connectivity index (χ4v) is 5.92. The molecule has 0 aliphatic carbocycles. The van der Waals surface area contributed by atoms with Crippen LogP contribution in [0.2, 0.25) is 0 Å². The van der Waals surface area contributed by atoms with Crippen molar-refractivity contribution in [2.45, 2.75) is 33.1 Å². The average molecular weight is 582 g/mol. The van der Waals surface area contributed by atoms with Gasteiger partial charge in [-0.25, -0.2) is 0 Å². The van der Waals surface area contributed by atoms with E-state index in [0.29, 0.717) is 0 Å². The van der Waals surface area contributed by atoms with Gasteiger partial charge >= 0.3 is 0 Å². The molecule has 2 heterocycles. The summed E-state index contributed by atoms with van der Waals surface area (Å²) in [7, 11) is 0. The van der Waals surface area contributed by atoms with Gasteiger partial charge in [-0.1, -0.05) is 111 Å². The number of benzene rings is 5. The molecule has 7 rings (SSSR count). The molecule has 45 heavy (non-hydrogen) atoms. The highest BCUT2D eigenvalue weighted by atomic mass is 14.8. The van der Waals surface area contributed by atoms with Crippen LogP contribution in [0.4, 0.5) is 0 Å². The van der Waals surface area contributed by atoms with Crippen LogP contribution in [0.25, 0.3) is 66.8 Å². The minimum atomic E-state index is 0.0497. The van der Waals surface area contributed by atoms with Gasteiger partial charge < -0.3 is 0 Å². The topological polar surface area (TPSA) is 38.7 Å². The third-order valence-corrected chi connectivity index (χ3v) is 8.46. The maximum atomic E-state index is 4.90. The highest BCUT2D eigenvalue weighted by Crippen LogP contribution is 2.38. The molecule has 0 atom stereocenters. The SMILES string of the molecule is Cc1ccc(-c2cc(-c3ccccc3)cc(-c3ccc(-c4cccc(-c5cc(C(C)(C)C)ccn5)c4)c4nccnc34)c2)cc1.